The van der Waals surface area contributed by atoms with Gasteiger partial charge in [0.2, 0.25) is 0 Å². The maximum absolute atomic E-state index is 6.21. The number of rotatable bonds is 5. The Balaban J connectivity index is 1.61. The van der Waals surface area contributed by atoms with Crippen molar-refractivity contribution in [2.45, 2.75) is 6.42 Å². The van der Waals surface area contributed by atoms with Crippen molar-refractivity contribution in [3.63, 3.8) is 0 Å². The number of hydrogen-bond donors (Lipinski definition) is 0. The summed E-state index contributed by atoms with van der Waals surface area (Å²) in [6.45, 7) is 5.52. The van der Waals surface area contributed by atoms with Crippen molar-refractivity contribution in [1.82, 2.24) is 4.90 Å². The predicted molar refractivity (Wildman–Crippen MR) is 109 cm³/mol. The summed E-state index contributed by atoms with van der Waals surface area (Å²) >= 11 is 6.21. The molecule has 27 heavy (non-hydrogen) atoms. The summed E-state index contributed by atoms with van der Waals surface area (Å²) in [4.78, 5) is 7.30. The highest BCUT2D eigenvalue weighted by Crippen LogP contribution is 2.23. The van der Waals surface area contributed by atoms with Crippen LogP contribution < -0.4 is 5.36 Å². The van der Waals surface area contributed by atoms with E-state index < -0.39 is 0 Å². The van der Waals surface area contributed by atoms with Gasteiger partial charge in [0.1, 0.15) is 11.3 Å². The molecule has 1 aliphatic rings. The van der Waals surface area contributed by atoms with E-state index in [0.29, 0.717) is 5.02 Å². The van der Waals surface area contributed by atoms with E-state index in [1.165, 1.54) is 0 Å². The van der Waals surface area contributed by atoms with Gasteiger partial charge in [-0.1, -0.05) is 41.9 Å². The van der Waals surface area contributed by atoms with Gasteiger partial charge in [0.05, 0.1) is 18.6 Å². The van der Waals surface area contributed by atoms with Crippen LogP contribution in [0.3, 0.4) is 0 Å². The standard InChI is InChI=1S/C22H23ClN2O2/c23-18-7-8-21-19(15-18)20(16-22(27-21)17-5-2-1-3-6-17)24-9-4-10-25-11-13-26-14-12-25/h1-3,5-8,15-16H,4,9-14H2. The van der Waals surface area contributed by atoms with Gasteiger partial charge in [-0.05, 0) is 24.6 Å². The van der Waals surface area contributed by atoms with Crippen molar-refractivity contribution >= 4 is 22.6 Å². The molecule has 4 nitrogen and oxygen atoms in total. The topological polar surface area (TPSA) is 38.0 Å². The van der Waals surface area contributed by atoms with E-state index in [2.05, 4.69) is 4.90 Å². The fraction of sp³-hybridized carbons (Fsp3) is 0.318. The van der Waals surface area contributed by atoms with E-state index in [1.807, 2.05) is 54.6 Å². The molecule has 1 fully saturated rings. The molecular formula is C22H23ClN2O2. The molecule has 0 saturated carbocycles. The Morgan fingerprint density at radius 3 is 2.63 bits per heavy atom. The Labute approximate surface area is 164 Å². The van der Waals surface area contributed by atoms with E-state index in [-0.39, 0.29) is 0 Å². The van der Waals surface area contributed by atoms with Crippen LogP contribution in [0.1, 0.15) is 6.42 Å². The Morgan fingerprint density at radius 2 is 1.81 bits per heavy atom. The lowest BCUT2D eigenvalue weighted by molar-refractivity contribution is 0.0377. The fourth-order valence-corrected chi connectivity index (χ4v) is 3.51. The summed E-state index contributed by atoms with van der Waals surface area (Å²) in [6.07, 6.45) is 1.02. The molecule has 0 atom stereocenters. The van der Waals surface area contributed by atoms with Crippen LogP contribution >= 0.6 is 11.6 Å². The van der Waals surface area contributed by atoms with E-state index >= 15 is 0 Å². The Kier molecular flexibility index (Phi) is 5.87. The first-order valence-corrected chi connectivity index (χ1v) is 9.77. The maximum atomic E-state index is 6.21. The zero-order valence-corrected chi connectivity index (χ0v) is 16.0. The van der Waals surface area contributed by atoms with Crippen LogP contribution in [-0.2, 0) is 4.74 Å². The van der Waals surface area contributed by atoms with Crippen molar-refractivity contribution in [2.24, 2.45) is 4.99 Å². The number of hydrogen-bond acceptors (Lipinski definition) is 4. The molecule has 0 bridgehead atoms. The molecule has 1 saturated heterocycles. The number of nitrogens with zero attached hydrogens (tertiary/aromatic N) is 2. The minimum absolute atomic E-state index is 0.690. The van der Waals surface area contributed by atoms with Crippen molar-refractivity contribution in [1.29, 1.82) is 0 Å². The summed E-state index contributed by atoms with van der Waals surface area (Å²) in [7, 11) is 0. The van der Waals surface area contributed by atoms with Gasteiger partial charge >= 0.3 is 0 Å². The van der Waals surface area contributed by atoms with Crippen molar-refractivity contribution < 1.29 is 9.15 Å². The Bertz CT molecular complexity index is 963. The molecule has 0 N–H and O–H groups in total. The van der Waals surface area contributed by atoms with Crippen molar-refractivity contribution in [3.8, 4) is 11.3 Å². The molecule has 140 valence electrons. The van der Waals surface area contributed by atoms with E-state index in [9.17, 15) is 0 Å². The molecule has 1 aliphatic heterocycles. The van der Waals surface area contributed by atoms with E-state index in [1.54, 1.807) is 0 Å². The first kappa shape index (κ1) is 18.2. The lowest BCUT2D eigenvalue weighted by atomic mass is 10.1. The van der Waals surface area contributed by atoms with Crippen molar-refractivity contribution in [3.05, 3.63) is 65.0 Å². The largest absolute Gasteiger partial charge is 0.456 e. The molecule has 2 heterocycles. The maximum Gasteiger partial charge on any atom is 0.136 e. The molecule has 4 rings (SSSR count). The number of fused-ring (bicyclic) bond motifs is 1. The molecule has 0 radical (unpaired) electrons. The Hall–Kier alpha value is -2.14. The average Bonchev–Trinajstić information content (AvgIpc) is 2.72. The molecular weight excluding hydrogens is 360 g/mol. The normalized spacial score (nSPS) is 16.1. The van der Waals surface area contributed by atoms with Gasteiger partial charge in [0, 0.05) is 48.2 Å². The van der Waals surface area contributed by atoms with Crippen LogP contribution in [0.4, 0.5) is 0 Å². The van der Waals surface area contributed by atoms with Gasteiger partial charge in [-0.3, -0.25) is 9.89 Å². The Morgan fingerprint density at radius 1 is 1.00 bits per heavy atom. The van der Waals surface area contributed by atoms with Crippen LogP contribution in [0, 0.1) is 0 Å². The second-order valence-electron chi connectivity index (χ2n) is 6.69. The van der Waals surface area contributed by atoms with Crippen molar-refractivity contribution in [2.75, 3.05) is 39.4 Å². The lowest BCUT2D eigenvalue weighted by Crippen LogP contribution is -2.37. The zero-order chi connectivity index (χ0) is 18.5. The highest BCUT2D eigenvalue weighted by Gasteiger charge is 2.09. The lowest BCUT2D eigenvalue weighted by Gasteiger charge is -2.26. The SMILES string of the molecule is Clc1ccc2oc(-c3ccccc3)cc(=NCCCN3CCOCC3)c2c1. The molecule has 0 amide bonds. The third-order valence-electron chi connectivity index (χ3n) is 4.78. The quantitative estimate of drug-likeness (QED) is 0.615. The summed E-state index contributed by atoms with van der Waals surface area (Å²) < 4.78 is 11.5. The molecule has 2 aromatic carbocycles. The van der Waals surface area contributed by atoms with Gasteiger partial charge in [0.15, 0.2) is 0 Å². The summed E-state index contributed by atoms with van der Waals surface area (Å²) in [5.74, 6) is 0.817. The highest BCUT2D eigenvalue weighted by atomic mass is 35.5. The predicted octanol–water partition coefficient (Wildman–Crippen LogP) is 4.38. The van der Waals surface area contributed by atoms with Crippen LogP contribution in [0.5, 0.6) is 0 Å². The summed E-state index contributed by atoms with van der Waals surface area (Å²) in [6, 6.07) is 17.8. The van der Waals surface area contributed by atoms with Gasteiger partial charge < -0.3 is 9.15 Å². The number of halogens is 1. The number of benzene rings is 2. The fourth-order valence-electron chi connectivity index (χ4n) is 3.34. The van der Waals surface area contributed by atoms with Crippen LogP contribution in [-0.4, -0.2) is 44.3 Å². The molecule has 0 spiro atoms. The molecule has 1 aromatic heterocycles. The van der Waals surface area contributed by atoms with Gasteiger partial charge in [-0.2, -0.15) is 0 Å². The van der Waals surface area contributed by atoms with E-state index in [4.69, 9.17) is 25.7 Å². The smallest absolute Gasteiger partial charge is 0.136 e. The second kappa shape index (κ2) is 8.70. The first-order chi connectivity index (χ1) is 13.3. The second-order valence-corrected chi connectivity index (χ2v) is 7.13. The third-order valence-corrected chi connectivity index (χ3v) is 5.02. The minimum atomic E-state index is 0.690. The minimum Gasteiger partial charge on any atom is -0.456 e. The van der Waals surface area contributed by atoms with Crippen LogP contribution in [0.2, 0.25) is 5.02 Å². The van der Waals surface area contributed by atoms with Gasteiger partial charge in [-0.25, -0.2) is 0 Å². The van der Waals surface area contributed by atoms with Gasteiger partial charge in [0.25, 0.3) is 0 Å². The first-order valence-electron chi connectivity index (χ1n) is 9.39. The molecule has 5 heteroatoms. The number of morpholine rings is 1. The van der Waals surface area contributed by atoms with E-state index in [0.717, 1.165) is 73.5 Å². The van der Waals surface area contributed by atoms with Gasteiger partial charge in [-0.15, -0.1) is 0 Å². The monoisotopic (exact) mass is 382 g/mol. The molecule has 0 aliphatic carbocycles. The third kappa shape index (κ3) is 4.59. The highest BCUT2D eigenvalue weighted by molar-refractivity contribution is 6.31. The molecule has 3 aromatic rings. The van der Waals surface area contributed by atoms with Crippen LogP contribution in [0.25, 0.3) is 22.3 Å². The summed E-state index contributed by atoms with van der Waals surface area (Å²) in [5, 5.41) is 2.57. The average molecular weight is 383 g/mol. The molecule has 0 unspecified atom stereocenters. The number of ether oxygens (including phenoxy) is 1. The summed E-state index contributed by atoms with van der Waals surface area (Å²) in [5.41, 5.74) is 1.84. The zero-order valence-electron chi connectivity index (χ0n) is 15.2. The van der Waals surface area contributed by atoms with Crippen LogP contribution in [0.15, 0.2) is 64.0 Å².